The Bertz CT molecular complexity index is 367. The monoisotopic (exact) mass is 222 g/mol. The lowest BCUT2D eigenvalue weighted by molar-refractivity contribution is 0.314. The second-order valence-corrected chi connectivity index (χ2v) is 4.74. The highest BCUT2D eigenvalue weighted by atomic mass is 19.1. The summed E-state index contributed by atoms with van der Waals surface area (Å²) in [5, 5.41) is 3.52. The molecular weight excluding hydrogens is 203 g/mol. The van der Waals surface area contributed by atoms with Crippen LogP contribution in [0.4, 0.5) is 10.1 Å². The van der Waals surface area contributed by atoms with Crippen LogP contribution in [0.3, 0.4) is 0 Å². The second kappa shape index (κ2) is 4.42. The highest BCUT2D eigenvalue weighted by molar-refractivity contribution is 5.47. The largest absolute Gasteiger partial charge is 0.368 e. The number of nitrogens with zero attached hydrogens (tertiary/aromatic N) is 1. The number of halogens is 1. The van der Waals surface area contributed by atoms with E-state index in [0.29, 0.717) is 0 Å². The maximum absolute atomic E-state index is 13.2. The van der Waals surface area contributed by atoms with Crippen LogP contribution in [0.15, 0.2) is 24.3 Å². The number of anilines is 1. The molecule has 0 spiro atoms. The first-order valence-corrected chi connectivity index (χ1v) is 5.88. The fourth-order valence-corrected chi connectivity index (χ4v) is 2.18. The van der Waals surface area contributed by atoms with Gasteiger partial charge in [0.1, 0.15) is 5.82 Å². The molecule has 1 saturated heterocycles. The van der Waals surface area contributed by atoms with Crippen molar-refractivity contribution in [2.45, 2.75) is 25.8 Å². The van der Waals surface area contributed by atoms with E-state index < -0.39 is 0 Å². The van der Waals surface area contributed by atoms with Gasteiger partial charge in [-0.25, -0.2) is 4.39 Å². The van der Waals surface area contributed by atoms with E-state index in [2.05, 4.69) is 24.1 Å². The summed E-state index contributed by atoms with van der Waals surface area (Å²) < 4.78 is 13.2. The van der Waals surface area contributed by atoms with Gasteiger partial charge in [-0.05, 0) is 31.5 Å². The van der Waals surface area contributed by atoms with E-state index in [1.807, 2.05) is 6.07 Å². The molecule has 1 heterocycles. The first-order chi connectivity index (χ1) is 7.63. The van der Waals surface area contributed by atoms with Gasteiger partial charge in [-0.2, -0.15) is 0 Å². The van der Waals surface area contributed by atoms with Gasteiger partial charge in [0.25, 0.3) is 0 Å². The molecule has 2 rings (SSSR count). The average molecular weight is 222 g/mol. The first-order valence-electron chi connectivity index (χ1n) is 5.88. The fraction of sp³-hybridized carbons (Fsp3) is 0.538. The highest BCUT2D eigenvalue weighted by Crippen LogP contribution is 2.22. The highest BCUT2D eigenvalue weighted by Gasteiger charge is 2.28. The topological polar surface area (TPSA) is 15.3 Å². The molecule has 0 radical (unpaired) electrons. The van der Waals surface area contributed by atoms with Gasteiger partial charge in [-0.15, -0.1) is 0 Å². The number of benzene rings is 1. The van der Waals surface area contributed by atoms with Crippen LogP contribution < -0.4 is 10.2 Å². The summed E-state index contributed by atoms with van der Waals surface area (Å²) in [6.45, 7) is 7.24. The third-order valence-electron chi connectivity index (χ3n) is 3.43. The van der Waals surface area contributed by atoms with Crippen molar-refractivity contribution in [2.24, 2.45) is 0 Å². The van der Waals surface area contributed by atoms with E-state index in [0.717, 1.165) is 31.7 Å². The smallest absolute Gasteiger partial charge is 0.125 e. The zero-order valence-corrected chi connectivity index (χ0v) is 9.96. The maximum Gasteiger partial charge on any atom is 0.125 e. The van der Waals surface area contributed by atoms with Crippen molar-refractivity contribution in [3.63, 3.8) is 0 Å². The molecule has 1 unspecified atom stereocenters. The van der Waals surface area contributed by atoms with E-state index in [-0.39, 0.29) is 11.4 Å². The minimum absolute atomic E-state index is 0.143. The van der Waals surface area contributed by atoms with Gasteiger partial charge < -0.3 is 10.2 Å². The number of nitrogens with one attached hydrogen (secondary N) is 1. The molecule has 1 fully saturated rings. The molecule has 0 aliphatic carbocycles. The lowest BCUT2D eigenvalue weighted by atomic mass is 9.95. The minimum Gasteiger partial charge on any atom is -0.368 e. The molecule has 1 N–H and O–H groups in total. The predicted octanol–water partition coefficient (Wildman–Crippen LogP) is 2.40. The van der Waals surface area contributed by atoms with Crippen LogP contribution in [0.2, 0.25) is 0 Å². The van der Waals surface area contributed by atoms with Gasteiger partial charge in [0.2, 0.25) is 0 Å². The third-order valence-corrected chi connectivity index (χ3v) is 3.43. The molecule has 88 valence electrons. The quantitative estimate of drug-likeness (QED) is 0.826. The first kappa shape index (κ1) is 11.4. The van der Waals surface area contributed by atoms with Gasteiger partial charge in [-0.3, -0.25) is 0 Å². The van der Waals surface area contributed by atoms with Crippen molar-refractivity contribution >= 4 is 5.69 Å². The summed E-state index contributed by atoms with van der Waals surface area (Å²) in [6.07, 6.45) is 1.08. The molecule has 1 aromatic carbocycles. The molecule has 1 aliphatic heterocycles. The number of rotatable bonds is 2. The lowest BCUT2D eigenvalue weighted by Gasteiger charge is -2.42. The molecule has 0 amide bonds. The van der Waals surface area contributed by atoms with Crippen molar-refractivity contribution in [2.75, 3.05) is 24.5 Å². The molecule has 1 aliphatic rings. The van der Waals surface area contributed by atoms with Crippen molar-refractivity contribution in [1.82, 2.24) is 5.32 Å². The molecular formula is C13H19FN2. The summed E-state index contributed by atoms with van der Waals surface area (Å²) >= 11 is 0. The van der Waals surface area contributed by atoms with Gasteiger partial charge >= 0.3 is 0 Å². The number of hydrogen-bond acceptors (Lipinski definition) is 2. The van der Waals surface area contributed by atoms with Crippen LogP contribution in [0.1, 0.15) is 20.3 Å². The Hall–Kier alpha value is -1.09. The Labute approximate surface area is 96.5 Å². The standard InChI is InChI=1S/C13H19FN2/c1-3-13(2)10-16(8-7-15-13)12-6-4-5-11(14)9-12/h4-6,9,15H,3,7-8,10H2,1-2H3. The van der Waals surface area contributed by atoms with Crippen molar-refractivity contribution in [1.29, 1.82) is 0 Å². The molecule has 0 bridgehead atoms. The summed E-state index contributed by atoms with van der Waals surface area (Å²) in [5.41, 5.74) is 1.13. The van der Waals surface area contributed by atoms with E-state index in [1.165, 1.54) is 6.07 Å². The normalized spacial score (nSPS) is 25.8. The second-order valence-electron chi connectivity index (χ2n) is 4.74. The molecule has 1 aromatic rings. The van der Waals surface area contributed by atoms with Crippen LogP contribution >= 0.6 is 0 Å². The molecule has 3 heteroatoms. The molecule has 0 aromatic heterocycles. The maximum atomic E-state index is 13.2. The Morgan fingerprint density at radius 3 is 3.00 bits per heavy atom. The summed E-state index contributed by atoms with van der Waals surface area (Å²) in [4.78, 5) is 2.25. The number of hydrogen-bond donors (Lipinski definition) is 1. The summed E-state index contributed by atoms with van der Waals surface area (Å²) in [7, 11) is 0. The zero-order valence-electron chi connectivity index (χ0n) is 9.96. The third kappa shape index (κ3) is 2.35. The average Bonchev–Trinajstić information content (AvgIpc) is 2.29. The Morgan fingerprint density at radius 2 is 2.31 bits per heavy atom. The molecule has 0 saturated carbocycles. The van der Waals surface area contributed by atoms with E-state index in [1.54, 1.807) is 12.1 Å². The van der Waals surface area contributed by atoms with E-state index >= 15 is 0 Å². The molecule has 2 nitrogen and oxygen atoms in total. The van der Waals surface area contributed by atoms with Crippen LogP contribution in [0, 0.1) is 5.82 Å². The Morgan fingerprint density at radius 1 is 1.50 bits per heavy atom. The Kier molecular flexibility index (Phi) is 3.15. The predicted molar refractivity (Wildman–Crippen MR) is 65.3 cm³/mol. The fourth-order valence-electron chi connectivity index (χ4n) is 2.18. The van der Waals surface area contributed by atoms with Crippen molar-refractivity contribution in [3.05, 3.63) is 30.1 Å². The Balaban J connectivity index is 2.16. The zero-order chi connectivity index (χ0) is 11.6. The van der Waals surface area contributed by atoms with Gasteiger partial charge in [-0.1, -0.05) is 13.0 Å². The van der Waals surface area contributed by atoms with Gasteiger partial charge in [0.05, 0.1) is 0 Å². The van der Waals surface area contributed by atoms with Gasteiger partial charge in [0, 0.05) is 30.9 Å². The van der Waals surface area contributed by atoms with E-state index in [9.17, 15) is 4.39 Å². The van der Waals surface area contributed by atoms with Crippen LogP contribution in [-0.2, 0) is 0 Å². The SMILES string of the molecule is CCC1(C)CN(c2cccc(F)c2)CCN1. The van der Waals surface area contributed by atoms with Gasteiger partial charge in [0.15, 0.2) is 0 Å². The van der Waals surface area contributed by atoms with Crippen molar-refractivity contribution in [3.8, 4) is 0 Å². The van der Waals surface area contributed by atoms with Crippen LogP contribution in [-0.4, -0.2) is 25.2 Å². The minimum atomic E-state index is -0.158. The summed E-state index contributed by atoms with van der Waals surface area (Å²) in [5.74, 6) is -0.158. The molecule has 16 heavy (non-hydrogen) atoms. The molecule has 1 atom stereocenters. The lowest BCUT2D eigenvalue weighted by Crippen LogP contribution is -2.58. The van der Waals surface area contributed by atoms with E-state index in [4.69, 9.17) is 0 Å². The van der Waals surface area contributed by atoms with Crippen LogP contribution in [0.25, 0.3) is 0 Å². The van der Waals surface area contributed by atoms with Crippen LogP contribution in [0.5, 0.6) is 0 Å². The summed E-state index contributed by atoms with van der Waals surface area (Å²) in [6, 6.07) is 6.85. The van der Waals surface area contributed by atoms with Crippen molar-refractivity contribution < 1.29 is 4.39 Å². The number of piperazine rings is 1.